The predicted octanol–water partition coefficient (Wildman–Crippen LogP) is 1.99. The fourth-order valence-corrected chi connectivity index (χ4v) is 2.30. The van der Waals surface area contributed by atoms with Gasteiger partial charge in [-0.1, -0.05) is 12.1 Å². The quantitative estimate of drug-likeness (QED) is 0.846. The van der Waals surface area contributed by atoms with Gasteiger partial charge in [-0.2, -0.15) is 0 Å². The van der Waals surface area contributed by atoms with Gasteiger partial charge in [0.2, 0.25) is 0 Å². The number of halogens is 1. The molecule has 0 bridgehead atoms. The maximum atomic E-state index is 12.8. The van der Waals surface area contributed by atoms with Gasteiger partial charge in [-0.15, -0.1) is 0 Å². The van der Waals surface area contributed by atoms with Crippen molar-refractivity contribution in [3.05, 3.63) is 35.6 Å². The van der Waals surface area contributed by atoms with Crippen LogP contribution >= 0.6 is 0 Å². The number of nitrogens with one attached hydrogen (secondary N) is 1. The van der Waals surface area contributed by atoms with Crippen LogP contribution in [0.2, 0.25) is 0 Å². The first-order chi connectivity index (χ1) is 7.79. The molecule has 0 amide bonds. The highest BCUT2D eigenvalue weighted by molar-refractivity contribution is 5.17. The second-order valence-electron chi connectivity index (χ2n) is 4.35. The first kappa shape index (κ1) is 11.6. The van der Waals surface area contributed by atoms with Gasteiger partial charge in [0.25, 0.3) is 0 Å². The normalized spacial score (nSPS) is 25.6. The molecule has 3 heteroatoms. The molecule has 2 rings (SSSR count). The maximum Gasteiger partial charge on any atom is 0.123 e. The van der Waals surface area contributed by atoms with Crippen LogP contribution < -0.4 is 5.32 Å². The molecule has 1 fully saturated rings. The van der Waals surface area contributed by atoms with E-state index in [1.807, 2.05) is 19.2 Å². The van der Waals surface area contributed by atoms with Crippen LogP contribution in [-0.4, -0.2) is 26.3 Å². The first-order valence-electron chi connectivity index (χ1n) is 5.79. The van der Waals surface area contributed by atoms with Gasteiger partial charge in [-0.25, -0.2) is 4.39 Å². The topological polar surface area (TPSA) is 21.3 Å². The minimum atomic E-state index is -0.172. The van der Waals surface area contributed by atoms with E-state index in [1.165, 1.54) is 17.7 Å². The summed E-state index contributed by atoms with van der Waals surface area (Å²) in [4.78, 5) is 0. The third-order valence-electron chi connectivity index (χ3n) is 3.26. The van der Waals surface area contributed by atoms with Crippen molar-refractivity contribution in [2.24, 2.45) is 5.92 Å². The Balaban J connectivity index is 1.99. The standard InChI is InChI=1S/C13H18FNO/c1-15-13-6-7-16-9-11(13)8-10-2-4-12(14)5-3-10/h2-5,11,13,15H,6-9H2,1H3/t11-,13-/m1/s1. The second kappa shape index (κ2) is 5.41. The molecule has 1 saturated heterocycles. The summed E-state index contributed by atoms with van der Waals surface area (Å²) in [7, 11) is 1.99. The Morgan fingerprint density at radius 3 is 2.81 bits per heavy atom. The molecule has 0 unspecified atom stereocenters. The van der Waals surface area contributed by atoms with Crippen molar-refractivity contribution in [1.29, 1.82) is 0 Å². The van der Waals surface area contributed by atoms with E-state index in [2.05, 4.69) is 5.32 Å². The third kappa shape index (κ3) is 2.80. The monoisotopic (exact) mass is 223 g/mol. The van der Waals surface area contributed by atoms with Crippen LogP contribution in [0.5, 0.6) is 0 Å². The number of rotatable bonds is 3. The minimum absolute atomic E-state index is 0.172. The molecule has 1 aliphatic heterocycles. The Morgan fingerprint density at radius 2 is 2.12 bits per heavy atom. The summed E-state index contributed by atoms with van der Waals surface area (Å²) in [5, 5.41) is 3.33. The van der Waals surface area contributed by atoms with Crippen LogP contribution in [0.1, 0.15) is 12.0 Å². The van der Waals surface area contributed by atoms with E-state index in [-0.39, 0.29) is 5.82 Å². The van der Waals surface area contributed by atoms with Gasteiger partial charge >= 0.3 is 0 Å². The average Bonchev–Trinajstić information content (AvgIpc) is 2.33. The van der Waals surface area contributed by atoms with Crippen molar-refractivity contribution in [1.82, 2.24) is 5.32 Å². The highest BCUT2D eigenvalue weighted by atomic mass is 19.1. The molecule has 2 nitrogen and oxygen atoms in total. The molecule has 0 aliphatic carbocycles. The zero-order chi connectivity index (χ0) is 11.4. The predicted molar refractivity (Wildman–Crippen MR) is 61.9 cm³/mol. The van der Waals surface area contributed by atoms with Gasteiger partial charge in [0.1, 0.15) is 5.82 Å². The first-order valence-corrected chi connectivity index (χ1v) is 5.79. The van der Waals surface area contributed by atoms with E-state index in [9.17, 15) is 4.39 Å². The van der Waals surface area contributed by atoms with E-state index in [1.54, 1.807) is 0 Å². The molecule has 0 aromatic heterocycles. The molecule has 0 radical (unpaired) electrons. The molecule has 1 aliphatic rings. The van der Waals surface area contributed by atoms with Crippen molar-refractivity contribution in [3.8, 4) is 0 Å². The summed E-state index contributed by atoms with van der Waals surface area (Å²) in [5.41, 5.74) is 1.18. The Morgan fingerprint density at radius 1 is 1.38 bits per heavy atom. The van der Waals surface area contributed by atoms with E-state index in [0.29, 0.717) is 12.0 Å². The van der Waals surface area contributed by atoms with Crippen molar-refractivity contribution in [3.63, 3.8) is 0 Å². The zero-order valence-corrected chi connectivity index (χ0v) is 9.58. The number of benzene rings is 1. The Hall–Kier alpha value is -0.930. The maximum absolute atomic E-state index is 12.8. The lowest BCUT2D eigenvalue weighted by atomic mass is 9.89. The summed E-state index contributed by atoms with van der Waals surface area (Å²) in [6, 6.07) is 7.27. The van der Waals surface area contributed by atoms with Gasteiger partial charge in [0, 0.05) is 18.6 Å². The second-order valence-corrected chi connectivity index (χ2v) is 4.35. The van der Waals surface area contributed by atoms with Crippen LogP contribution in [0, 0.1) is 11.7 Å². The summed E-state index contributed by atoms with van der Waals surface area (Å²) < 4.78 is 18.3. The van der Waals surface area contributed by atoms with Gasteiger partial charge in [-0.05, 0) is 37.6 Å². The van der Waals surface area contributed by atoms with Crippen molar-refractivity contribution in [2.45, 2.75) is 18.9 Å². The van der Waals surface area contributed by atoms with Crippen LogP contribution in [0.25, 0.3) is 0 Å². The molecule has 0 spiro atoms. The third-order valence-corrected chi connectivity index (χ3v) is 3.26. The highest BCUT2D eigenvalue weighted by Gasteiger charge is 2.24. The fraction of sp³-hybridized carbons (Fsp3) is 0.538. The van der Waals surface area contributed by atoms with Gasteiger partial charge < -0.3 is 10.1 Å². The summed E-state index contributed by atoms with van der Waals surface area (Å²) in [6.07, 6.45) is 2.01. The van der Waals surface area contributed by atoms with E-state index >= 15 is 0 Å². The Kier molecular flexibility index (Phi) is 3.91. The molecule has 88 valence electrons. The van der Waals surface area contributed by atoms with Crippen LogP contribution in [0.3, 0.4) is 0 Å². The summed E-state index contributed by atoms with van der Waals surface area (Å²) >= 11 is 0. The van der Waals surface area contributed by atoms with Gasteiger partial charge in [-0.3, -0.25) is 0 Å². The smallest absolute Gasteiger partial charge is 0.123 e. The van der Waals surface area contributed by atoms with Crippen LogP contribution in [0.15, 0.2) is 24.3 Å². The SMILES string of the molecule is CN[C@@H]1CCOC[C@H]1Cc1ccc(F)cc1. The number of ether oxygens (including phenoxy) is 1. The van der Waals surface area contributed by atoms with E-state index in [4.69, 9.17) is 4.74 Å². The fourth-order valence-electron chi connectivity index (χ4n) is 2.30. The molecule has 1 aromatic carbocycles. The molecule has 16 heavy (non-hydrogen) atoms. The van der Waals surface area contributed by atoms with Crippen molar-refractivity contribution in [2.75, 3.05) is 20.3 Å². The highest BCUT2D eigenvalue weighted by Crippen LogP contribution is 2.19. The Bertz CT molecular complexity index is 325. The van der Waals surface area contributed by atoms with Crippen molar-refractivity contribution < 1.29 is 9.13 Å². The molecule has 0 saturated carbocycles. The lowest BCUT2D eigenvalue weighted by molar-refractivity contribution is 0.0342. The number of hydrogen-bond donors (Lipinski definition) is 1. The molecule has 2 atom stereocenters. The van der Waals surface area contributed by atoms with Crippen LogP contribution in [0.4, 0.5) is 4.39 Å². The average molecular weight is 223 g/mol. The molecular formula is C13H18FNO. The summed E-state index contributed by atoms with van der Waals surface area (Å²) in [5.74, 6) is 0.318. The number of hydrogen-bond acceptors (Lipinski definition) is 2. The lowest BCUT2D eigenvalue weighted by Crippen LogP contribution is -2.41. The van der Waals surface area contributed by atoms with E-state index in [0.717, 1.165) is 26.1 Å². The largest absolute Gasteiger partial charge is 0.381 e. The van der Waals surface area contributed by atoms with Gasteiger partial charge in [0.15, 0.2) is 0 Å². The molecular weight excluding hydrogens is 205 g/mol. The Labute approximate surface area is 95.8 Å². The van der Waals surface area contributed by atoms with Gasteiger partial charge in [0.05, 0.1) is 6.61 Å². The van der Waals surface area contributed by atoms with E-state index < -0.39 is 0 Å². The molecule has 1 aromatic rings. The van der Waals surface area contributed by atoms with Crippen LogP contribution in [-0.2, 0) is 11.2 Å². The minimum Gasteiger partial charge on any atom is -0.381 e. The lowest BCUT2D eigenvalue weighted by Gasteiger charge is -2.31. The molecule has 1 N–H and O–H groups in total. The molecule has 1 heterocycles. The zero-order valence-electron chi connectivity index (χ0n) is 9.58. The summed E-state index contributed by atoms with van der Waals surface area (Å²) in [6.45, 7) is 1.63. The van der Waals surface area contributed by atoms with Crippen molar-refractivity contribution >= 4 is 0 Å².